The molecule has 1 nitrogen and oxygen atoms in total. The molecule has 1 aromatic rings. The summed E-state index contributed by atoms with van der Waals surface area (Å²) in [7, 11) is 0. The highest BCUT2D eigenvalue weighted by molar-refractivity contribution is 5.26. The molecule has 1 N–H and O–H groups in total. The SMILES string of the molecule is CC.CCC(CC)Cc1ccc(O)cc1. The van der Waals surface area contributed by atoms with Crippen molar-refractivity contribution in [3.05, 3.63) is 29.8 Å². The zero-order valence-corrected chi connectivity index (χ0v) is 10.5. The van der Waals surface area contributed by atoms with Crippen LogP contribution in [0.4, 0.5) is 0 Å². The highest BCUT2D eigenvalue weighted by atomic mass is 16.3. The molecule has 1 rings (SSSR count). The van der Waals surface area contributed by atoms with Crippen LogP contribution in [0.1, 0.15) is 46.1 Å². The number of rotatable bonds is 4. The van der Waals surface area contributed by atoms with Crippen molar-refractivity contribution < 1.29 is 5.11 Å². The standard InChI is InChI=1S/C12H18O.C2H6/c1-3-10(4-2)9-11-5-7-12(13)8-6-11;1-2/h5-8,10,13H,3-4,9H2,1-2H3;1-2H3. The van der Waals surface area contributed by atoms with E-state index in [4.69, 9.17) is 5.11 Å². The molecule has 0 spiro atoms. The lowest BCUT2D eigenvalue weighted by Gasteiger charge is -2.11. The first-order valence-corrected chi connectivity index (χ1v) is 6.04. The van der Waals surface area contributed by atoms with Crippen LogP contribution in [0, 0.1) is 5.92 Å². The molecule has 1 heteroatoms. The predicted molar refractivity (Wildman–Crippen MR) is 67.2 cm³/mol. The molecule has 0 unspecified atom stereocenters. The third-order valence-corrected chi connectivity index (χ3v) is 2.62. The summed E-state index contributed by atoms with van der Waals surface area (Å²) in [6, 6.07) is 7.54. The van der Waals surface area contributed by atoms with E-state index < -0.39 is 0 Å². The third kappa shape index (κ3) is 5.46. The van der Waals surface area contributed by atoms with Crippen LogP contribution in [0.15, 0.2) is 24.3 Å². The summed E-state index contributed by atoms with van der Waals surface area (Å²) in [5.41, 5.74) is 1.33. The van der Waals surface area contributed by atoms with Crippen molar-refractivity contribution in [2.45, 2.75) is 47.0 Å². The van der Waals surface area contributed by atoms with Crippen LogP contribution in [0.3, 0.4) is 0 Å². The van der Waals surface area contributed by atoms with E-state index in [9.17, 15) is 0 Å². The maximum absolute atomic E-state index is 9.11. The molecule has 0 aliphatic heterocycles. The summed E-state index contributed by atoms with van der Waals surface area (Å²) < 4.78 is 0. The molecule has 0 aliphatic carbocycles. The summed E-state index contributed by atoms with van der Waals surface area (Å²) in [6.07, 6.45) is 3.60. The number of benzene rings is 1. The number of phenolic OH excluding ortho intramolecular Hbond substituents is 1. The van der Waals surface area contributed by atoms with E-state index in [0.29, 0.717) is 5.75 Å². The number of phenols is 1. The summed E-state index contributed by atoms with van der Waals surface area (Å²) in [6.45, 7) is 8.46. The van der Waals surface area contributed by atoms with Gasteiger partial charge in [-0.25, -0.2) is 0 Å². The highest BCUT2D eigenvalue weighted by Gasteiger charge is 2.04. The lowest BCUT2D eigenvalue weighted by molar-refractivity contribution is 0.472. The van der Waals surface area contributed by atoms with Gasteiger partial charge in [0.05, 0.1) is 0 Å². The molecule has 0 radical (unpaired) electrons. The molecular weight excluding hydrogens is 184 g/mol. The van der Waals surface area contributed by atoms with E-state index in [1.54, 1.807) is 12.1 Å². The first-order chi connectivity index (χ1) is 7.26. The van der Waals surface area contributed by atoms with E-state index in [0.717, 1.165) is 12.3 Å². The minimum atomic E-state index is 0.355. The predicted octanol–water partition coefficient (Wildman–Crippen LogP) is 4.40. The minimum Gasteiger partial charge on any atom is -0.508 e. The Balaban J connectivity index is 0.000000921. The van der Waals surface area contributed by atoms with Crippen molar-refractivity contribution in [2.75, 3.05) is 0 Å². The second-order valence-corrected chi connectivity index (χ2v) is 3.55. The quantitative estimate of drug-likeness (QED) is 0.777. The van der Waals surface area contributed by atoms with Crippen LogP contribution in [0.2, 0.25) is 0 Å². The molecular formula is C14H24O. The molecule has 0 aliphatic rings. The van der Waals surface area contributed by atoms with Crippen LogP contribution in [0.25, 0.3) is 0 Å². The topological polar surface area (TPSA) is 20.2 Å². The van der Waals surface area contributed by atoms with E-state index in [2.05, 4.69) is 13.8 Å². The summed E-state index contributed by atoms with van der Waals surface area (Å²) in [5, 5.41) is 9.11. The van der Waals surface area contributed by atoms with Crippen molar-refractivity contribution in [1.29, 1.82) is 0 Å². The van der Waals surface area contributed by atoms with E-state index in [-0.39, 0.29) is 0 Å². The smallest absolute Gasteiger partial charge is 0.115 e. The van der Waals surface area contributed by atoms with E-state index >= 15 is 0 Å². The van der Waals surface area contributed by atoms with Crippen molar-refractivity contribution in [3.63, 3.8) is 0 Å². The molecule has 0 heterocycles. The number of hydrogen-bond donors (Lipinski definition) is 1. The van der Waals surface area contributed by atoms with Crippen LogP contribution in [-0.4, -0.2) is 5.11 Å². The molecule has 0 fully saturated rings. The Morgan fingerprint density at radius 1 is 1.00 bits per heavy atom. The molecule has 86 valence electrons. The zero-order chi connectivity index (χ0) is 11.7. The zero-order valence-electron chi connectivity index (χ0n) is 10.5. The molecule has 0 amide bonds. The van der Waals surface area contributed by atoms with Gasteiger partial charge in [0.15, 0.2) is 0 Å². The van der Waals surface area contributed by atoms with Crippen molar-refractivity contribution in [3.8, 4) is 5.75 Å². The van der Waals surface area contributed by atoms with Crippen LogP contribution in [0.5, 0.6) is 5.75 Å². The van der Waals surface area contributed by atoms with Gasteiger partial charge in [-0.1, -0.05) is 52.7 Å². The largest absolute Gasteiger partial charge is 0.508 e. The van der Waals surface area contributed by atoms with Gasteiger partial charge in [0.25, 0.3) is 0 Å². The maximum Gasteiger partial charge on any atom is 0.115 e. The summed E-state index contributed by atoms with van der Waals surface area (Å²) >= 11 is 0. The molecule has 0 saturated heterocycles. The fraction of sp³-hybridized carbons (Fsp3) is 0.571. The molecule has 15 heavy (non-hydrogen) atoms. The van der Waals surface area contributed by atoms with Gasteiger partial charge in [0.2, 0.25) is 0 Å². The van der Waals surface area contributed by atoms with E-state index in [1.807, 2.05) is 26.0 Å². The summed E-state index contributed by atoms with van der Waals surface area (Å²) in [4.78, 5) is 0. The average molecular weight is 208 g/mol. The Morgan fingerprint density at radius 3 is 1.87 bits per heavy atom. The lowest BCUT2D eigenvalue weighted by Crippen LogP contribution is -2.00. The lowest BCUT2D eigenvalue weighted by atomic mass is 9.95. The normalized spacial score (nSPS) is 9.67. The molecule has 1 aromatic carbocycles. The van der Waals surface area contributed by atoms with Crippen LogP contribution < -0.4 is 0 Å². The first kappa shape index (κ1) is 14.0. The Labute approximate surface area is 94.2 Å². The van der Waals surface area contributed by atoms with Crippen molar-refractivity contribution in [2.24, 2.45) is 5.92 Å². The first-order valence-electron chi connectivity index (χ1n) is 6.04. The van der Waals surface area contributed by atoms with Gasteiger partial charge in [-0.3, -0.25) is 0 Å². The van der Waals surface area contributed by atoms with Gasteiger partial charge in [-0.2, -0.15) is 0 Å². The second kappa shape index (κ2) is 8.34. The van der Waals surface area contributed by atoms with Gasteiger partial charge in [-0.15, -0.1) is 0 Å². The Morgan fingerprint density at radius 2 is 1.47 bits per heavy atom. The second-order valence-electron chi connectivity index (χ2n) is 3.55. The van der Waals surface area contributed by atoms with Gasteiger partial charge in [0.1, 0.15) is 5.75 Å². The third-order valence-electron chi connectivity index (χ3n) is 2.62. The monoisotopic (exact) mass is 208 g/mol. The molecule has 0 aromatic heterocycles. The van der Waals surface area contributed by atoms with Crippen molar-refractivity contribution in [1.82, 2.24) is 0 Å². The van der Waals surface area contributed by atoms with Gasteiger partial charge < -0.3 is 5.11 Å². The number of hydrogen-bond acceptors (Lipinski definition) is 1. The van der Waals surface area contributed by atoms with Gasteiger partial charge >= 0.3 is 0 Å². The molecule has 0 bridgehead atoms. The highest BCUT2D eigenvalue weighted by Crippen LogP contribution is 2.17. The number of aromatic hydroxyl groups is 1. The van der Waals surface area contributed by atoms with Crippen LogP contribution >= 0.6 is 0 Å². The summed E-state index contributed by atoms with van der Waals surface area (Å²) in [5.74, 6) is 1.14. The van der Waals surface area contributed by atoms with Gasteiger partial charge in [0, 0.05) is 0 Å². The Kier molecular flexibility index (Phi) is 7.79. The van der Waals surface area contributed by atoms with E-state index in [1.165, 1.54) is 18.4 Å². The molecule has 0 atom stereocenters. The fourth-order valence-electron chi connectivity index (χ4n) is 1.54. The van der Waals surface area contributed by atoms with Crippen molar-refractivity contribution >= 4 is 0 Å². The minimum absolute atomic E-state index is 0.355. The Bertz CT molecular complexity index is 234. The Hall–Kier alpha value is -0.980. The van der Waals surface area contributed by atoms with Gasteiger partial charge in [-0.05, 0) is 30.0 Å². The van der Waals surface area contributed by atoms with Crippen LogP contribution in [-0.2, 0) is 6.42 Å². The molecule has 0 saturated carbocycles. The fourth-order valence-corrected chi connectivity index (χ4v) is 1.54. The average Bonchev–Trinajstić information content (AvgIpc) is 2.31. The maximum atomic E-state index is 9.11.